The zero-order valence-corrected chi connectivity index (χ0v) is 13.1. The lowest BCUT2D eigenvalue weighted by Crippen LogP contribution is -2.34. The summed E-state index contributed by atoms with van der Waals surface area (Å²) >= 11 is 0. The minimum absolute atomic E-state index is 0.632. The molecule has 0 saturated heterocycles. The molecule has 1 aliphatic carbocycles. The van der Waals surface area contributed by atoms with Crippen LogP contribution in [0.1, 0.15) is 36.0 Å². The predicted octanol–water partition coefficient (Wildman–Crippen LogP) is 1.94. The Balaban J connectivity index is 1.31. The summed E-state index contributed by atoms with van der Waals surface area (Å²) in [7, 11) is 0. The molecule has 2 aromatic rings. The molecule has 0 N–H and O–H groups in total. The molecule has 6 heteroatoms. The number of hydrogen-bond donors (Lipinski definition) is 0. The summed E-state index contributed by atoms with van der Waals surface area (Å²) < 4.78 is 13.6. The van der Waals surface area contributed by atoms with Crippen LogP contribution < -0.4 is 9.47 Å². The molecule has 1 saturated carbocycles. The maximum Gasteiger partial charge on any atom is 0.161 e. The van der Waals surface area contributed by atoms with Gasteiger partial charge in [-0.2, -0.15) is 0 Å². The minimum atomic E-state index is 0.632. The van der Waals surface area contributed by atoms with Crippen LogP contribution >= 0.6 is 0 Å². The molecule has 0 bridgehead atoms. The molecule has 3 heterocycles. The van der Waals surface area contributed by atoms with Gasteiger partial charge in [-0.05, 0) is 30.5 Å². The molecule has 5 rings (SSSR count). The Morgan fingerprint density at radius 1 is 1.04 bits per heavy atom. The fraction of sp³-hybridized carbons (Fsp3) is 0.529. The molecule has 0 radical (unpaired) electrons. The number of rotatable bonds is 3. The molecule has 23 heavy (non-hydrogen) atoms. The van der Waals surface area contributed by atoms with E-state index in [1.807, 2.05) is 6.07 Å². The van der Waals surface area contributed by atoms with Crippen LogP contribution in [0.3, 0.4) is 0 Å². The second-order valence-corrected chi connectivity index (χ2v) is 6.59. The van der Waals surface area contributed by atoms with Crippen molar-refractivity contribution in [3.8, 4) is 11.5 Å². The summed E-state index contributed by atoms with van der Waals surface area (Å²) in [4.78, 5) is 2.42. The smallest absolute Gasteiger partial charge is 0.161 e. The van der Waals surface area contributed by atoms with Crippen LogP contribution in [-0.4, -0.2) is 39.4 Å². The second-order valence-electron chi connectivity index (χ2n) is 6.59. The molecule has 0 atom stereocenters. The number of benzene rings is 1. The molecule has 0 unspecified atom stereocenters. The molecule has 1 aromatic carbocycles. The van der Waals surface area contributed by atoms with E-state index in [1.165, 1.54) is 24.2 Å². The molecular weight excluding hydrogens is 292 g/mol. The SMILES string of the molecule is c1cc2c(cc1CN1CCn3c(nnc3C3CC3)C1)OCCO2. The minimum Gasteiger partial charge on any atom is -0.486 e. The molecule has 1 fully saturated rings. The summed E-state index contributed by atoms with van der Waals surface area (Å²) in [5.41, 5.74) is 1.25. The highest BCUT2D eigenvalue weighted by Crippen LogP contribution is 2.39. The quantitative estimate of drug-likeness (QED) is 0.867. The zero-order valence-electron chi connectivity index (χ0n) is 13.1. The molecule has 3 aliphatic rings. The third kappa shape index (κ3) is 2.47. The van der Waals surface area contributed by atoms with Crippen LogP contribution in [0, 0.1) is 0 Å². The normalized spacial score (nSPS) is 20.3. The van der Waals surface area contributed by atoms with Gasteiger partial charge in [0.25, 0.3) is 0 Å². The van der Waals surface area contributed by atoms with Crippen molar-refractivity contribution in [2.45, 2.75) is 38.4 Å². The van der Waals surface area contributed by atoms with Gasteiger partial charge >= 0.3 is 0 Å². The van der Waals surface area contributed by atoms with Crippen molar-refractivity contribution in [2.24, 2.45) is 0 Å². The summed E-state index contributed by atoms with van der Waals surface area (Å²) in [6.07, 6.45) is 2.55. The molecule has 120 valence electrons. The fourth-order valence-corrected chi connectivity index (χ4v) is 3.45. The maximum atomic E-state index is 5.68. The molecule has 0 spiro atoms. The maximum absolute atomic E-state index is 5.68. The van der Waals surface area contributed by atoms with Crippen molar-refractivity contribution in [1.82, 2.24) is 19.7 Å². The first-order valence-corrected chi connectivity index (χ1v) is 8.40. The van der Waals surface area contributed by atoms with Crippen LogP contribution in [0.4, 0.5) is 0 Å². The van der Waals surface area contributed by atoms with Crippen LogP contribution in [0.5, 0.6) is 11.5 Å². The van der Waals surface area contributed by atoms with Gasteiger partial charge in [0, 0.05) is 25.6 Å². The van der Waals surface area contributed by atoms with Crippen molar-refractivity contribution in [2.75, 3.05) is 19.8 Å². The molecule has 6 nitrogen and oxygen atoms in total. The average molecular weight is 312 g/mol. The lowest BCUT2D eigenvalue weighted by atomic mass is 10.1. The highest BCUT2D eigenvalue weighted by atomic mass is 16.6. The van der Waals surface area contributed by atoms with E-state index < -0.39 is 0 Å². The first-order chi connectivity index (χ1) is 11.4. The third-order valence-electron chi connectivity index (χ3n) is 4.82. The van der Waals surface area contributed by atoms with Gasteiger partial charge in [0.2, 0.25) is 0 Å². The van der Waals surface area contributed by atoms with E-state index in [0.29, 0.717) is 19.1 Å². The zero-order chi connectivity index (χ0) is 15.2. The van der Waals surface area contributed by atoms with Gasteiger partial charge < -0.3 is 14.0 Å². The van der Waals surface area contributed by atoms with Crippen molar-refractivity contribution in [3.63, 3.8) is 0 Å². The predicted molar refractivity (Wildman–Crippen MR) is 83.5 cm³/mol. The van der Waals surface area contributed by atoms with E-state index in [9.17, 15) is 0 Å². The Labute approximate surface area is 135 Å². The number of nitrogens with zero attached hydrogens (tertiary/aromatic N) is 4. The lowest BCUT2D eigenvalue weighted by Gasteiger charge is -2.28. The standard InChI is InChI=1S/C17H20N4O2/c1-4-14-15(23-8-7-22-14)9-12(1)10-20-5-6-21-16(11-20)18-19-17(21)13-2-3-13/h1,4,9,13H,2-3,5-8,10-11H2. The van der Waals surface area contributed by atoms with Crippen LogP contribution in [0.15, 0.2) is 18.2 Å². The highest BCUT2D eigenvalue weighted by molar-refractivity contribution is 5.43. The Kier molecular flexibility index (Phi) is 3.04. The van der Waals surface area contributed by atoms with E-state index in [2.05, 4.69) is 31.8 Å². The summed E-state index contributed by atoms with van der Waals surface area (Å²) in [6, 6.07) is 6.24. The highest BCUT2D eigenvalue weighted by Gasteiger charge is 2.32. The van der Waals surface area contributed by atoms with E-state index >= 15 is 0 Å². The Morgan fingerprint density at radius 2 is 1.91 bits per heavy atom. The third-order valence-corrected chi connectivity index (χ3v) is 4.82. The van der Waals surface area contributed by atoms with Crippen LogP contribution in [0.2, 0.25) is 0 Å². The largest absolute Gasteiger partial charge is 0.486 e. The summed E-state index contributed by atoms with van der Waals surface area (Å²) in [6.45, 7) is 5.08. The summed E-state index contributed by atoms with van der Waals surface area (Å²) in [5, 5.41) is 8.82. The monoisotopic (exact) mass is 312 g/mol. The van der Waals surface area contributed by atoms with Crippen molar-refractivity contribution >= 4 is 0 Å². The van der Waals surface area contributed by atoms with Crippen LogP contribution in [0.25, 0.3) is 0 Å². The Hall–Kier alpha value is -2.08. The number of ether oxygens (including phenoxy) is 2. The van der Waals surface area contributed by atoms with Gasteiger partial charge in [-0.1, -0.05) is 6.07 Å². The van der Waals surface area contributed by atoms with E-state index in [1.54, 1.807) is 0 Å². The number of fused-ring (bicyclic) bond motifs is 2. The van der Waals surface area contributed by atoms with E-state index in [0.717, 1.165) is 43.5 Å². The average Bonchev–Trinajstić information content (AvgIpc) is 3.34. The van der Waals surface area contributed by atoms with Gasteiger partial charge in [0.15, 0.2) is 11.5 Å². The molecule has 0 amide bonds. The lowest BCUT2D eigenvalue weighted by molar-refractivity contribution is 0.170. The number of aromatic nitrogens is 3. The van der Waals surface area contributed by atoms with Gasteiger partial charge in [0.1, 0.15) is 24.9 Å². The first kappa shape index (κ1) is 13.4. The number of hydrogen-bond acceptors (Lipinski definition) is 5. The Morgan fingerprint density at radius 3 is 2.78 bits per heavy atom. The van der Waals surface area contributed by atoms with Crippen molar-refractivity contribution in [1.29, 1.82) is 0 Å². The van der Waals surface area contributed by atoms with E-state index in [4.69, 9.17) is 9.47 Å². The van der Waals surface area contributed by atoms with Crippen molar-refractivity contribution < 1.29 is 9.47 Å². The van der Waals surface area contributed by atoms with Gasteiger partial charge in [-0.3, -0.25) is 4.90 Å². The van der Waals surface area contributed by atoms with E-state index in [-0.39, 0.29) is 0 Å². The molecule has 2 aliphatic heterocycles. The van der Waals surface area contributed by atoms with Gasteiger partial charge in [0.05, 0.1) is 6.54 Å². The Bertz CT molecular complexity index is 738. The van der Waals surface area contributed by atoms with Crippen molar-refractivity contribution in [3.05, 3.63) is 35.4 Å². The van der Waals surface area contributed by atoms with Gasteiger partial charge in [-0.15, -0.1) is 10.2 Å². The summed E-state index contributed by atoms with van der Waals surface area (Å²) in [5.74, 6) is 4.70. The van der Waals surface area contributed by atoms with Crippen LogP contribution in [-0.2, 0) is 19.6 Å². The van der Waals surface area contributed by atoms with Gasteiger partial charge in [-0.25, -0.2) is 0 Å². The molecular formula is C17H20N4O2. The second kappa shape index (κ2) is 5.23. The first-order valence-electron chi connectivity index (χ1n) is 8.40. The topological polar surface area (TPSA) is 52.4 Å². The fourth-order valence-electron chi connectivity index (χ4n) is 3.45. The molecule has 1 aromatic heterocycles.